The Hall–Kier alpha value is -3.65. The number of imidazole rings is 1. The molecule has 0 radical (unpaired) electrons. The molecule has 0 fully saturated rings. The molecule has 31 heavy (non-hydrogen) atoms. The van der Waals surface area contributed by atoms with E-state index in [-0.39, 0.29) is 16.6 Å². The summed E-state index contributed by atoms with van der Waals surface area (Å²) in [5.41, 5.74) is 2.58. The molecular formula is C23H21N3O4S. The van der Waals surface area contributed by atoms with Gasteiger partial charge in [-0.3, -0.25) is 4.79 Å². The fourth-order valence-corrected chi connectivity index (χ4v) is 3.95. The van der Waals surface area contributed by atoms with Crippen molar-refractivity contribution in [3.63, 3.8) is 0 Å². The Morgan fingerprint density at radius 1 is 1.06 bits per heavy atom. The molecule has 2 heterocycles. The van der Waals surface area contributed by atoms with Gasteiger partial charge in [-0.15, -0.1) is 0 Å². The zero-order valence-corrected chi connectivity index (χ0v) is 17.7. The molecule has 7 nitrogen and oxygen atoms in total. The number of pyridine rings is 1. The first kappa shape index (κ1) is 20.6. The van der Waals surface area contributed by atoms with E-state index in [0.717, 1.165) is 11.3 Å². The molecule has 4 rings (SSSR count). The Balaban J connectivity index is 1.41. The summed E-state index contributed by atoms with van der Waals surface area (Å²) in [6.07, 6.45) is 3.83. The highest BCUT2D eigenvalue weighted by Gasteiger charge is 2.13. The van der Waals surface area contributed by atoms with Gasteiger partial charge >= 0.3 is 0 Å². The van der Waals surface area contributed by atoms with Crippen molar-refractivity contribution in [2.75, 3.05) is 11.1 Å². The largest absolute Gasteiger partial charge is 0.487 e. The van der Waals surface area contributed by atoms with Gasteiger partial charge in [0.1, 0.15) is 18.0 Å². The monoisotopic (exact) mass is 435 g/mol. The predicted octanol–water partition coefficient (Wildman–Crippen LogP) is 3.96. The van der Waals surface area contributed by atoms with Gasteiger partial charge in [-0.05, 0) is 48.5 Å². The average Bonchev–Trinajstić information content (AvgIpc) is 3.21. The SMILES string of the molecule is CCS(=O)(=O)c1ccc(C(=O)Nc2cccc(OCc3cn4ccccc4n3)c2)cc1. The van der Waals surface area contributed by atoms with Gasteiger partial charge in [0.05, 0.1) is 16.3 Å². The smallest absolute Gasteiger partial charge is 0.255 e. The lowest BCUT2D eigenvalue weighted by atomic mass is 10.2. The maximum absolute atomic E-state index is 12.5. The number of hydrogen-bond donors (Lipinski definition) is 1. The lowest BCUT2D eigenvalue weighted by molar-refractivity contribution is 0.102. The van der Waals surface area contributed by atoms with E-state index in [9.17, 15) is 13.2 Å². The van der Waals surface area contributed by atoms with Crippen molar-refractivity contribution in [2.45, 2.75) is 18.4 Å². The molecule has 158 valence electrons. The Labute approximate surface area is 180 Å². The highest BCUT2D eigenvalue weighted by molar-refractivity contribution is 7.91. The maximum Gasteiger partial charge on any atom is 0.255 e. The van der Waals surface area contributed by atoms with Gasteiger partial charge in [0, 0.05) is 29.7 Å². The van der Waals surface area contributed by atoms with Crippen molar-refractivity contribution in [3.8, 4) is 5.75 Å². The van der Waals surface area contributed by atoms with Gasteiger partial charge in [-0.2, -0.15) is 0 Å². The first-order chi connectivity index (χ1) is 14.9. The number of benzene rings is 2. The predicted molar refractivity (Wildman–Crippen MR) is 118 cm³/mol. The minimum atomic E-state index is -3.30. The molecule has 0 aliphatic rings. The number of nitrogens with zero attached hydrogens (tertiary/aromatic N) is 2. The van der Waals surface area contributed by atoms with E-state index in [1.807, 2.05) is 35.0 Å². The Morgan fingerprint density at radius 2 is 1.87 bits per heavy atom. The fraction of sp³-hybridized carbons (Fsp3) is 0.130. The summed E-state index contributed by atoms with van der Waals surface area (Å²) in [7, 11) is -3.30. The third kappa shape index (κ3) is 4.75. The van der Waals surface area contributed by atoms with Gasteiger partial charge < -0.3 is 14.5 Å². The molecule has 8 heteroatoms. The number of carbonyl (C=O) groups excluding carboxylic acids is 1. The van der Waals surface area contributed by atoms with Crippen LogP contribution in [0.3, 0.4) is 0 Å². The average molecular weight is 436 g/mol. The summed E-state index contributed by atoms with van der Waals surface area (Å²) in [5.74, 6) is 0.275. The molecule has 1 N–H and O–H groups in total. The second-order valence-electron chi connectivity index (χ2n) is 6.90. The number of sulfone groups is 1. The van der Waals surface area contributed by atoms with Crippen LogP contribution >= 0.6 is 0 Å². The minimum Gasteiger partial charge on any atom is -0.487 e. The lowest BCUT2D eigenvalue weighted by Crippen LogP contribution is -2.12. The van der Waals surface area contributed by atoms with Crippen LogP contribution in [0.5, 0.6) is 5.75 Å². The van der Waals surface area contributed by atoms with E-state index < -0.39 is 9.84 Å². The van der Waals surface area contributed by atoms with Gasteiger partial charge in [0.25, 0.3) is 5.91 Å². The van der Waals surface area contributed by atoms with Crippen LogP contribution in [0, 0.1) is 0 Å². The molecular weight excluding hydrogens is 414 g/mol. The number of hydrogen-bond acceptors (Lipinski definition) is 5. The number of amides is 1. The summed E-state index contributed by atoms with van der Waals surface area (Å²) in [5, 5.41) is 2.80. The zero-order chi connectivity index (χ0) is 21.8. The molecule has 0 atom stereocenters. The number of carbonyl (C=O) groups is 1. The Kier molecular flexibility index (Phi) is 5.73. The molecule has 2 aromatic carbocycles. The topological polar surface area (TPSA) is 89.8 Å². The summed E-state index contributed by atoms with van der Waals surface area (Å²) in [4.78, 5) is 17.2. The van der Waals surface area contributed by atoms with E-state index in [0.29, 0.717) is 23.6 Å². The van der Waals surface area contributed by atoms with Gasteiger partial charge in [-0.1, -0.05) is 19.1 Å². The summed E-state index contributed by atoms with van der Waals surface area (Å²) >= 11 is 0. The van der Waals surface area contributed by atoms with Gasteiger partial charge in [0.15, 0.2) is 9.84 Å². The fourth-order valence-electron chi connectivity index (χ4n) is 3.06. The normalized spacial score (nSPS) is 11.4. The van der Waals surface area contributed by atoms with Crippen LogP contribution in [0.15, 0.2) is 84.0 Å². The van der Waals surface area contributed by atoms with E-state index >= 15 is 0 Å². The third-order valence-electron chi connectivity index (χ3n) is 4.75. The van der Waals surface area contributed by atoms with E-state index in [2.05, 4.69) is 10.3 Å². The van der Waals surface area contributed by atoms with Crippen molar-refractivity contribution in [2.24, 2.45) is 0 Å². The molecule has 0 bridgehead atoms. The Bertz CT molecular complexity index is 1300. The van der Waals surface area contributed by atoms with Crippen molar-refractivity contribution >= 4 is 27.1 Å². The molecule has 4 aromatic rings. The van der Waals surface area contributed by atoms with Gasteiger partial charge in [-0.25, -0.2) is 13.4 Å². The third-order valence-corrected chi connectivity index (χ3v) is 6.50. The quantitative estimate of drug-likeness (QED) is 0.475. The number of fused-ring (bicyclic) bond motifs is 1. The van der Waals surface area contributed by atoms with E-state index in [4.69, 9.17) is 4.74 Å². The number of nitrogens with one attached hydrogen (secondary N) is 1. The van der Waals surface area contributed by atoms with E-state index in [1.165, 1.54) is 24.3 Å². The molecule has 2 aromatic heterocycles. The standard InChI is InChI=1S/C23H21N3O4S/c1-2-31(28,29)21-11-9-17(10-12-21)23(27)25-18-6-5-7-20(14-18)30-16-19-15-26-13-4-3-8-22(26)24-19/h3-15H,2,16H2,1H3,(H,25,27). The molecule has 0 spiro atoms. The van der Waals surface area contributed by atoms with Crippen molar-refractivity contribution in [1.29, 1.82) is 0 Å². The van der Waals surface area contributed by atoms with Gasteiger partial charge in [0.2, 0.25) is 0 Å². The van der Waals surface area contributed by atoms with Crippen LogP contribution < -0.4 is 10.1 Å². The van der Waals surface area contributed by atoms with E-state index in [1.54, 1.807) is 31.2 Å². The molecule has 0 aliphatic carbocycles. The second-order valence-corrected chi connectivity index (χ2v) is 9.18. The molecule has 0 saturated carbocycles. The number of anilines is 1. The molecule has 0 unspecified atom stereocenters. The number of ether oxygens (including phenoxy) is 1. The first-order valence-corrected chi connectivity index (χ1v) is 11.4. The molecule has 0 saturated heterocycles. The molecule has 1 amide bonds. The van der Waals surface area contributed by atoms with Crippen LogP contribution in [0.1, 0.15) is 23.0 Å². The first-order valence-electron chi connectivity index (χ1n) is 9.74. The van der Waals surface area contributed by atoms with Crippen molar-refractivity contribution in [3.05, 3.63) is 90.4 Å². The lowest BCUT2D eigenvalue weighted by Gasteiger charge is -2.09. The number of rotatable bonds is 7. The highest BCUT2D eigenvalue weighted by atomic mass is 32.2. The number of aromatic nitrogens is 2. The molecule has 0 aliphatic heterocycles. The minimum absolute atomic E-state index is 0.0142. The second kappa shape index (κ2) is 8.61. The summed E-state index contributed by atoms with van der Waals surface area (Å²) in [6.45, 7) is 1.88. The summed E-state index contributed by atoms with van der Waals surface area (Å²) in [6, 6.07) is 18.7. The van der Waals surface area contributed by atoms with Crippen LogP contribution in [0.2, 0.25) is 0 Å². The van der Waals surface area contributed by atoms with Crippen LogP contribution in [0.25, 0.3) is 5.65 Å². The highest BCUT2D eigenvalue weighted by Crippen LogP contribution is 2.20. The van der Waals surface area contributed by atoms with Crippen LogP contribution in [-0.4, -0.2) is 29.5 Å². The van der Waals surface area contributed by atoms with Crippen molar-refractivity contribution < 1.29 is 17.9 Å². The van der Waals surface area contributed by atoms with Crippen LogP contribution in [0.4, 0.5) is 5.69 Å². The summed E-state index contributed by atoms with van der Waals surface area (Å²) < 4.78 is 31.6. The van der Waals surface area contributed by atoms with Crippen LogP contribution in [-0.2, 0) is 16.4 Å². The van der Waals surface area contributed by atoms with Crippen molar-refractivity contribution in [1.82, 2.24) is 9.38 Å². The zero-order valence-electron chi connectivity index (χ0n) is 16.9. The maximum atomic E-state index is 12.5. The Morgan fingerprint density at radius 3 is 2.61 bits per heavy atom.